The number of fused-ring (bicyclic) bond motifs is 1. The Bertz CT molecular complexity index is 1020. The molecule has 0 radical (unpaired) electrons. The number of likely N-dealkylation sites (N-methyl/N-ethyl adjacent to an activating group) is 2. The van der Waals surface area contributed by atoms with Crippen molar-refractivity contribution in [3.05, 3.63) is 52.6 Å². The molecule has 2 aromatic carbocycles. The molecule has 0 saturated carbocycles. The van der Waals surface area contributed by atoms with Crippen molar-refractivity contribution < 1.29 is 9.41 Å². The van der Waals surface area contributed by atoms with Crippen molar-refractivity contribution in [2.75, 3.05) is 45.7 Å². The lowest BCUT2D eigenvalue weighted by atomic mass is 10.2. The van der Waals surface area contributed by atoms with Gasteiger partial charge in [-0.3, -0.25) is 10.1 Å². The molecule has 9 heteroatoms. The number of anilines is 1. The van der Waals surface area contributed by atoms with Crippen LogP contribution in [-0.4, -0.2) is 54.6 Å². The summed E-state index contributed by atoms with van der Waals surface area (Å²) in [5.41, 5.74) is 2.58. The number of nitro groups is 1. The van der Waals surface area contributed by atoms with Crippen molar-refractivity contribution >= 4 is 44.5 Å². The normalized spacial score (nSPS) is 12.0. The number of rotatable bonds is 8. The molecule has 1 heterocycles. The van der Waals surface area contributed by atoms with E-state index in [1.807, 2.05) is 24.3 Å². The zero-order chi connectivity index (χ0) is 21.0. The first-order valence-electron chi connectivity index (χ1n) is 9.38. The van der Waals surface area contributed by atoms with Gasteiger partial charge in [0.1, 0.15) is 0 Å². The van der Waals surface area contributed by atoms with Crippen LogP contribution in [0.4, 0.5) is 22.1 Å². The molecule has 152 valence electrons. The van der Waals surface area contributed by atoms with Crippen LogP contribution in [-0.2, 0) is 0 Å². The summed E-state index contributed by atoms with van der Waals surface area (Å²) in [7, 11) is 6.57. The summed E-state index contributed by atoms with van der Waals surface area (Å²) in [6, 6.07) is 12.5. The molecule has 0 aliphatic heterocycles. The summed E-state index contributed by atoms with van der Waals surface area (Å²) < 4.78 is 5.20. The first-order chi connectivity index (χ1) is 13.8. The Morgan fingerprint density at radius 1 is 1.14 bits per heavy atom. The molecular weight excluding hydrogens is 388 g/mol. The van der Waals surface area contributed by atoms with Gasteiger partial charge in [0.05, 0.1) is 50.4 Å². The maximum atomic E-state index is 11.0. The summed E-state index contributed by atoms with van der Waals surface area (Å²) in [4.78, 5) is 12.9. The van der Waals surface area contributed by atoms with E-state index in [1.165, 1.54) is 23.7 Å². The van der Waals surface area contributed by atoms with Gasteiger partial charge in [-0.05, 0) is 48.8 Å². The molecule has 0 aliphatic carbocycles. The van der Waals surface area contributed by atoms with Crippen molar-refractivity contribution in [1.29, 1.82) is 0 Å². The number of nitro benzene ring substituents is 1. The minimum Gasteiger partial charge on any atom is -0.366 e. The van der Waals surface area contributed by atoms with E-state index >= 15 is 0 Å². The van der Waals surface area contributed by atoms with Gasteiger partial charge in [0, 0.05) is 29.8 Å². The molecule has 0 spiro atoms. The lowest BCUT2D eigenvalue weighted by Crippen LogP contribution is -2.42. The van der Waals surface area contributed by atoms with Crippen LogP contribution in [0.2, 0.25) is 0 Å². The zero-order valence-electron chi connectivity index (χ0n) is 17.1. The van der Waals surface area contributed by atoms with Crippen LogP contribution in [0.1, 0.15) is 6.92 Å². The highest BCUT2D eigenvalue weighted by Gasteiger charge is 2.13. The fraction of sp³-hybridized carbons (Fsp3) is 0.350. The predicted octanol–water partition coefficient (Wildman–Crippen LogP) is 5.15. The standard InChI is InChI=1S/C20H25N6O2S/c1-5-24(12-13-26(2,3)4)16-8-6-15(7-9-16)21-22-20-18-14-17(25(27)28)10-11-19(18)23-29-20/h6-11,14H,5,12-13H2,1-4H3/q+1. The van der Waals surface area contributed by atoms with E-state index < -0.39 is 4.92 Å². The molecule has 0 bridgehead atoms. The van der Waals surface area contributed by atoms with Gasteiger partial charge in [-0.15, -0.1) is 10.2 Å². The van der Waals surface area contributed by atoms with Crippen LogP contribution in [0.3, 0.4) is 0 Å². The number of aromatic nitrogens is 1. The molecule has 0 saturated heterocycles. The number of benzene rings is 2. The Kier molecular flexibility index (Phi) is 6.19. The van der Waals surface area contributed by atoms with Gasteiger partial charge in [0.15, 0.2) is 5.00 Å². The second-order valence-electron chi connectivity index (χ2n) is 7.76. The molecule has 3 aromatic rings. The van der Waals surface area contributed by atoms with Gasteiger partial charge in [0.2, 0.25) is 0 Å². The van der Waals surface area contributed by atoms with Gasteiger partial charge in [0.25, 0.3) is 5.69 Å². The summed E-state index contributed by atoms with van der Waals surface area (Å²) >= 11 is 1.18. The Hall–Kier alpha value is -2.91. The second kappa shape index (κ2) is 8.62. The third kappa shape index (κ3) is 5.33. The highest BCUT2D eigenvalue weighted by molar-refractivity contribution is 7.11. The first-order valence-corrected chi connectivity index (χ1v) is 10.2. The molecule has 0 atom stereocenters. The highest BCUT2D eigenvalue weighted by Crippen LogP contribution is 2.34. The number of quaternary nitrogens is 1. The van der Waals surface area contributed by atoms with E-state index in [0.717, 1.165) is 35.5 Å². The Morgan fingerprint density at radius 3 is 2.48 bits per heavy atom. The number of azo groups is 1. The van der Waals surface area contributed by atoms with E-state index in [0.29, 0.717) is 15.9 Å². The van der Waals surface area contributed by atoms with E-state index in [9.17, 15) is 10.1 Å². The van der Waals surface area contributed by atoms with Gasteiger partial charge in [-0.2, -0.15) is 4.37 Å². The SMILES string of the molecule is CCN(CC[N+](C)(C)C)c1ccc(N=Nc2snc3ccc([N+](=O)[O-])cc23)cc1. The zero-order valence-corrected chi connectivity index (χ0v) is 17.9. The van der Waals surface area contributed by atoms with Gasteiger partial charge in [-0.25, -0.2) is 0 Å². The number of non-ortho nitro benzene ring substituents is 1. The lowest BCUT2D eigenvalue weighted by molar-refractivity contribution is -0.868. The van der Waals surface area contributed by atoms with E-state index in [1.54, 1.807) is 6.07 Å². The Morgan fingerprint density at radius 2 is 1.86 bits per heavy atom. The van der Waals surface area contributed by atoms with Crippen LogP contribution in [0, 0.1) is 10.1 Å². The first kappa shape index (κ1) is 20.8. The lowest BCUT2D eigenvalue weighted by Gasteiger charge is -2.29. The van der Waals surface area contributed by atoms with Gasteiger partial charge < -0.3 is 9.38 Å². The molecule has 0 N–H and O–H groups in total. The van der Waals surface area contributed by atoms with Crippen LogP contribution >= 0.6 is 11.5 Å². The van der Waals surface area contributed by atoms with Crippen molar-refractivity contribution in [3.8, 4) is 0 Å². The third-order valence-electron chi connectivity index (χ3n) is 4.55. The third-order valence-corrected chi connectivity index (χ3v) is 5.31. The van der Waals surface area contributed by atoms with Crippen molar-refractivity contribution in [1.82, 2.24) is 4.37 Å². The molecule has 0 amide bonds. The monoisotopic (exact) mass is 413 g/mol. The minimum absolute atomic E-state index is 0.0204. The fourth-order valence-corrected chi connectivity index (χ4v) is 3.51. The van der Waals surface area contributed by atoms with Crippen molar-refractivity contribution in [2.24, 2.45) is 10.2 Å². The van der Waals surface area contributed by atoms with Crippen molar-refractivity contribution in [2.45, 2.75) is 6.92 Å². The number of hydrogen-bond donors (Lipinski definition) is 0. The van der Waals surface area contributed by atoms with Crippen LogP contribution < -0.4 is 4.90 Å². The molecule has 0 aliphatic rings. The summed E-state index contributed by atoms with van der Waals surface area (Å²) in [6.45, 7) is 5.12. The van der Waals surface area contributed by atoms with E-state index in [2.05, 4.69) is 47.6 Å². The average molecular weight is 414 g/mol. The average Bonchev–Trinajstić information content (AvgIpc) is 3.09. The largest absolute Gasteiger partial charge is 0.366 e. The molecule has 1 aromatic heterocycles. The summed E-state index contributed by atoms with van der Waals surface area (Å²) in [5.74, 6) is 0. The van der Waals surface area contributed by atoms with Crippen LogP contribution in [0.5, 0.6) is 0 Å². The molecular formula is C20H25N6O2S+. The van der Waals surface area contributed by atoms with Crippen molar-refractivity contribution in [3.63, 3.8) is 0 Å². The van der Waals surface area contributed by atoms with Gasteiger partial charge in [-0.1, -0.05) is 0 Å². The van der Waals surface area contributed by atoms with E-state index in [-0.39, 0.29) is 5.69 Å². The molecule has 0 fully saturated rings. The Balaban J connectivity index is 1.75. The van der Waals surface area contributed by atoms with Crippen LogP contribution in [0.25, 0.3) is 10.9 Å². The second-order valence-corrected chi connectivity index (χ2v) is 8.51. The van der Waals surface area contributed by atoms with E-state index in [4.69, 9.17) is 0 Å². The Labute approximate surface area is 174 Å². The smallest absolute Gasteiger partial charge is 0.270 e. The summed E-state index contributed by atoms with van der Waals surface area (Å²) in [5, 5.41) is 20.8. The van der Waals surface area contributed by atoms with Crippen LogP contribution in [0.15, 0.2) is 52.7 Å². The topological polar surface area (TPSA) is 84.0 Å². The molecule has 8 nitrogen and oxygen atoms in total. The maximum Gasteiger partial charge on any atom is 0.270 e. The number of nitrogens with zero attached hydrogens (tertiary/aromatic N) is 6. The summed E-state index contributed by atoms with van der Waals surface area (Å²) in [6.07, 6.45) is 0. The minimum atomic E-state index is -0.422. The quantitative estimate of drug-likeness (QED) is 0.221. The van der Waals surface area contributed by atoms with Gasteiger partial charge >= 0.3 is 0 Å². The molecule has 3 rings (SSSR count). The predicted molar refractivity (Wildman–Crippen MR) is 118 cm³/mol. The maximum absolute atomic E-state index is 11.0. The number of hydrogen-bond acceptors (Lipinski definition) is 7. The molecule has 29 heavy (non-hydrogen) atoms. The molecule has 0 unspecified atom stereocenters. The highest BCUT2D eigenvalue weighted by atomic mass is 32.1. The fourth-order valence-electron chi connectivity index (χ4n) is 2.83.